The monoisotopic (exact) mass is 317 g/mol. The van der Waals surface area contributed by atoms with Crippen molar-refractivity contribution >= 4 is 33.4 Å². The van der Waals surface area contributed by atoms with Gasteiger partial charge in [0, 0.05) is 6.42 Å². The van der Waals surface area contributed by atoms with Crippen molar-refractivity contribution < 1.29 is 14.7 Å². The van der Waals surface area contributed by atoms with Crippen molar-refractivity contribution in [3.63, 3.8) is 0 Å². The Morgan fingerprint density at radius 1 is 1.04 bits per heavy atom. The Morgan fingerprint density at radius 3 is 2.08 bits per heavy atom. The van der Waals surface area contributed by atoms with Gasteiger partial charge in [0.2, 0.25) is 0 Å². The minimum atomic E-state index is -1.15. The average Bonchev–Trinajstić information content (AvgIpc) is 2.58. The lowest BCUT2D eigenvalue weighted by atomic mass is 9.96. The zero-order valence-corrected chi connectivity index (χ0v) is 12.8. The third-order valence-corrected chi connectivity index (χ3v) is 3.92. The van der Waals surface area contributed by atoms with Crippen molar-refractivity contribution in [1.82, 2.24) is 5.32 Å². The summed E-state index contributed by atoms with van der Waals surface area (Å²) in [4.78, 5) is 24.1. The second-order valence-electron chi connectivity index (χ2n) is 5.47. The van der Waals surface area contributed by atoms with Gasteiger partial charge >= 0.3 is 5.97 Å². The summed E-state index contributed by atoms with van der Waals surface area (Å²) in [7, 11) is 0. The van der Waals surface area contributed by atoms with Crippen molar-refractivity contribution in [2.24, 2.45) is 0 Å². The third-order valence-electron chi connectivity index (χ3n) is 3.92. The fraction of sp³-hybridized carbons (Fsp3) is 0.100. The molecule has 24 heavy (non-hydrogen) atoms. The van der Waals surface area contributed by atoms with Gasteiger partial charge in [0.25, 0.3) is 5.91 Å². The zero-order valence-electron chi connectivity index (χ0n) is 12.8. The van der Waals surface area contributed by atoms with Crippen molar-refractivity contribution in [2.45, 2.75) is 12.5 Å². The van der Waals surface area contributed by atoms with Crippen molar-refractivity contribution in [3.8, 4) is 12.3 Å². The molecule has 0 bridgehead atoms. The summed E-state index contributed by atoms with van der Waals surface area (Å²) in [5, 5.41) is 15.1. The van der Waals surface area contributed by atoms with Crippen LogP contribution in [0.2, 0.25) is 0 Å². The third kappa shape index (κ3) is 2.80. The van der Waals surface area contributed by atoms with Crippen molar-refractivity contribution in [3.05, 3.63) is 60.2 Å². The first kappa shape index (κ1) is 15.6. The van der Waals surface area contributed by atoms with Crippen LogP contribution in [0.1, 0.15) is 16.8 Å². The standard InChI is InChI=1S/C20H15NO3/c1-2-7-17(20(23)24)21-19(22)18-15-10-5-3-8-13(15)12-14-9-4-6-11-16(14)18/h1,3-6,8-12,17H,7H2,(H,21,22)(H,23,24)/t17-/m0/s1. The van der Waals surface area contributed by atoms with Crippen molar-refractivity contribution in [2.75, 3.05) is 0 Å². The van der Waals surface area contributed by atoms with Crippen LogP contribution in [0.4, 0.5) is 0 Å². The Hall–Kier alpha value is -3.32. The molecular formula is C20H15NO3. The molecule has 0 fully saturated rings. The summed E-state index contributed by atoms with van der Waals surface area (Å²) in [6.07, 6.45) is 5.13. The topological polar surface area (TPSA) is 66.4 Å². The second kappa shape index (κ2) is 6.43. The van der Waals surface area contributed by atoms with Gasteiger partial charge in [-0.2, -0.15) is 0 Å². The van der Waals surface area contributed by atoms with E-state index in [1.54, 1.807) is 0 Å². The number of fused-ring (bicyclic) bond motifs is 2. The van der Waals surface area contributed by atoms with Crippen LogP contribution in [-0.2, 0) is 4.79 Å². The van der Waals surface area contributed by atoms with Gasteiger partial charge in [-0.05, 0) is 27.6 Å². The first-order chi connectivity index (χ1) is 11.6. The Labute approximate surface area is 139 Å². The molecule has 0 saturated carbocycles. The number of amides is 1. The molecule has 0 aliphatic rings. The normalized spacial score (nSPS) is 11.8. The zero-order chi connectivity index (χ0) is 17.1. The predicted molar refractivity (Wildman–Crippen MR) is 93.8 cm³/mol. The van der Waals surface area contributed by atoms with E-state index in [-0.39, 0.29) is 6.42 Å². The maximum Gasteiger partial charge on any atom is 0.327 e. The van der Waals surface area contributed by atoms with E-state index in [0.29, 0.717) is 5.56 Å². The van der Waals surface area contributed by atoms with Gasteiger partial charge in [-0.1, -0.05) is 48.5 Å². The molecule has 1 atom stereocenters. The Morgan fingerprint density at radius 2 is 1.58 bits per heavy atom. The van der Waals surface area contributed by atoms with Crippen molar-refractivity contribution in [1.29, 1.82) is 0 Å². The number of carboxylic acids is 1. The minimum Gasteiger partial charge on any atom is -0.480 e. The molecule has 0 spiro atoms. The Bertz CT molecular complexity index is 931. The van der Waals surface area contributed by atoms with E-state index in [1.165, 1.54) is 0 Å². The quantitative estimate of drug-likeness (QED) is 0.573. The van der Waals surface area contributed by atoms with E-state index in [4.69, 9.17) is 6.42 Å². The lowest BCUT2D eigenvalue weighted by Gasteiger charge is -2.15. The van der Waals surface area contributed by atoms with E-state index >= 15 is 0 Å². The fourth-order valence-electron chi connectivity index (χ4n) is 2.81. The van der Waals surface area contributed by atoms with Crippen LogP contribution in [0, 0.1) is 12.3 Å². The number of carbonyl (C=O) groups excluding carboxylic acids is 1. The molecule has 118 valence electrons. The number of benzene rings is 3. The van der Waals surface area contributed by atoms with E-state index in [1.807, 2.05) is 54.6 Å². The van der Waals surface area contributed by atoms with Gasteiger partial charge in [-0.3, -0.25) is 4.79 Å². The number of carboxylic acid groups (broad SMARTS) is 1. The first-order valence-corrected chi connectivity index (χ1v) is 7.49. The highest BCUT2D eigenvalue weighted by atomic mass is 16.4. The van der Waals surface area contributed by atoms with Crippen LogP contribution in [0.5, 0.6) is 0 Å². The van der Waals surface area contributed by atoms with Gasteiger partial charge < -0.3 is 10.4 Å². The lowest BCUT2D eigenvalue weighted by molar-refractivity contribution is -0.139. The number of rotatable bonds is 4. The maximum absolute atomic E-state index is 12.8. The van der Waals surface area contributed by atoms with Crippen LogP contribution in [0.3, 0.4) is 0 Å². The summed E-state index contributed by atoms with van der Waals surface area (Å²) in [5.74, 6) is 0.698. The number of terminal acetylenes is 1. The fourth-order valence-corrected chi connectivity index (χ4v) is 2.81. The molecule has 0 heterocycles. The smallest absolute Gasteiger partial charge is 0.327 e. The Balaban J connectivity index is 2.17. The van der Waals surface area contributed by atoms with Gasteiger partial charge in [0.1, 0.15) is 6.04 Å². The molecule has 0 saturated heterocycles. The molecule has 0 radical (unpaired) electrons. The molecule has 2 N–H and O–H groups in total. The number of aliphatic carboxylic acids is 1. The van der Waals surface area contributed by atoms with Gasteiger partial charge in [-0.15, -0.1) is 12.3 Å². The number of nitrogens with one attached hydrogen (secondary N) is 1. The average molecular weight is 317 g/mol. The van der Waals surface area contributed by atoms with Crippen LogP contribution in [-0.4, -0.2) is 23.0 Å². The molecule has 0 aliphatic carbocycles. The van der Waals surface area contributed by atoms with Gasteiger partial charge in [0.15, 0.2) is 0 Å². The first-order valence-electron chi connectivity index (χ1n) is 7.49. The van der Waals surface area contributed by atoms with Gasteiger partial charge in [-0.25, -0.2) is 4.79 Å². The largest absolute Gasteiger partial charge is 0.480 e. The van der Waals surface area contributed by atoms with Crippen LogP contribution >= 0.6 is 0 Å². The molecule has 1 amide bonds. The van der Waals surface area contributed by atoms with Crippen LogP contribution in [0.25, 0.3) is 21.5 Å². The number of hydrogen-bond acceptors (Lipinski definition) is 2. The summed E-state index contributed by atoms with van der Waals surface area (Å²) in [5.41, 5.74) is 0.465. The molecule has 0 unspecified atom stereocenters. The van der Waals surface area contributed by atoms with E-state index < -0.39 is 17.9 Å². The SMILES string of the molecule is C#CC[C@H](NC(=O)c1c2ccccc2cc2ccccc12)C(=O)O. The van der Waals surface area contributed by atoms with E-state index in [9.17, 15) is 14.7 Å². The Kier molecular flexibility index (Phi) is 4.17. The number of carbonyl (C=O) groups is 2. The molecule has 3 aromatic carbocycles. The number of hydrogen-bond donors (Lipinski definition) is 2. The van der Waals surface area contributed by atoms with E-state index in [2.05, 4.69) is 11.2 Å². The minimum absolute atomic E-state index is 0.0657. The maximum atomic E-state index is 12.8. The highest BCUT2D eigenvalue weighted by Gasteiger charge is 2.22. The lowest BCUT2D eigenvalue weighted by Crippen LogP contribution is -2.40. The molecule has 3 rings (SSSR count). The molecule has 0 aromatic heterocycles. The van der Waals surface area contributed by atoms with Crippen LogP contribution < -0.4 is 5.32 Å². The highest BCUT2D eigenvalue weighted by molar-refractivity contribution is 6.18. The molecule has 0 aliphatic heterocycles. The van der Waals surface area contributed by atoms with E-state index in [0.717, 1.165) is 21.5 Å². The molecule has 3 aromatic rings. The molecular weight excluding hydrogens is 302 g/mol. The summed E-state index contributed by atoms with van der Waals surface area (Å²) in [6, 6.07) is 16.0. The van der Waals surface area contributed by atoms with Gasteiger partial charge in [0.05, 0.1) is 5.56 Å². The predicted octanol–water partition coefficient (Wildman–Crippen LogP) is 3.20. The van der Waals surface area contributed by atoms with Crippen LogP contribution in [0.15, 0.2) is 54.6 Å². The highest BCUT2D eigenvalue weighted by Crippen LogP contribution is 2.28. The summed E-state index contributed by atoms with van der Waals surface area (Å²) >= 11 is 0. The summed E-state index contributed by atoms with van der Waals surface area (Å²) in [6.45, 7) is 0. The second-order valence-corrected chi connectivity index (χ2v) is 5.47. The molecule has 4 heteroatoms. The molecule has 4 nitrogen and oxygen atoms in total. The summed E-state index contributed by atoms with van der Waals surface area (Å²) < 4.78 is 0.